The first-order chi connectivity index (χ1) is 9.60. The second-order valence-electron chi connectivity index (χ2n) is 5.06. The number of likely N-dealkylation sites (tertiary alicyclic amines) is 1. The Morgan fingerprint density at radius 2 is 2.35 bits per heavy atom. The number of halogens is 1. The molecule has 5 heteroatoms. The molecular formula is C15H20FNO3. The van der Waals surface area contributed by atoms with Crippen LogP contribution in [0.4, 0.5) is 4.39 Å². The number of hydrogen-bond donors (Lipinski definition) is 1. The normalized spacial score (nSPS) is 20.0. The number of carbonyl (C=O) groups is 1. The maximum absolute atomic E-state index is 13.2. The average Bonchev–Trinajstić information content (AvgIpc) is 2.41. The summed E-state index contributed by atoms with van der Waals surface area (Å²) in [5.74, 6) is -1.60. The largest absolute Gasteiger partial charge is 0.478 e. The van der Waals surface area contributed by atoms with Crippen LogP contribution in [0.5, 0.6) is 0 Å². The maximum atomic E-state index is 13.2. The number of nitrogens with zero attached hydrogens (tertiary/aromatic N) is 1. The van der Waals surface area contributed by atoms with Gasteiger partial charge in [0.05, 0.1) is 11.7 Å². The fourth-order valence-corrected chi connectivity index (χ4v) is 2.66. The van der Waals surface area contributed by atoms with Crippen molar-refractivity contribution >= 4 is 5.97 Å². The van der Waals surface area contributed by atoms with Crippen molar-refractivity contribution in [1.82, 2.24) is 4.90 Å². The number of aromatic carboxylic acids is 1. The zero-order valence-electron chi connectivity index (χ0n) is 11.6. The van der Waals surface area contributed by atoms with Gasteiger partial charge in [-0.25, -0.2) is 9.18 Å². The van der Waals surface area contributed by atoms with E-state index in [4.69, 9.17) is 9.84 Å². The molecule has 4 nitrogen and oxygen atoms in total. The minimum absolute atomic E-state index is 0.0449. The van der Waals surface area contributed by atoms with E-state index < -0.39 is 11.8 Å². The third-order valence-corrected chi connectivity index (χ3v) is 3.56. The zero-order valence-corrected chi connectivity index (χ0v) is 11.6. The van der Waals surface area contributed by atoms with E-state index in [2.05, 4.69) is 4.90 Å². The summed E-state index contributed by atoms with van der Waals surface area (Å²) in [5, 5.41) is 9.15. The quantitative estimate of drug-likeness (QED) is 0.901. The average molecular weight is 281 g/mol. The molecule has 0 aromatic heterocycles. The number of ether oxygens (including phenoxy) is 1. The number of benzene rings is 1. The van der Waals surface area contributed by atoms with E-state index in [0.717, 1.165) is 32.0 Å². The van der Waals surface area contributed by atoms with Crippen LogP contribution in [0.1, 0.15) is 35.7 Å². The Labute approximate surface area is 118 Å². The van der Waals surface area contributed by atoms with Crippen molar-refractivity contribution in [2.24, 2.45) is 0 Å². The molecule has 0 spiro atoms. The first-order valence-corrected chi connectivity index (χ1v) is 6.95. The predicted octanol–water partition coefficient (Wildman–Crippen LogP) is 2.52. The standard InChI is InChI=1S/C15H20FNO3/c1-2-20-13-4-3-7-17(10-13)9-11-5-6-12(16)8-14(11)15(18)19/h5-6,8,13H,2-4,7,9-10H2,1H3,(H,18,19). The topological polar surface area (TPSA) is 49.8 Å². The van der Waals surface area contributed by atoms with Gasteiger partial charge in [0.15, 0.2) is 0 Å². The van der Waals surface area contributed by atoms with Crippen LogP contribution in [0.2, 0.25) is 0 Å². The first kappa shape index (κ1) is 14.9. The SMILES string of the molecule is CCOC1CCCN(Cc2ccc(F)cc2C(=O)O)C1. The van der Waals surface area contributed by atoms with Crippen molar-refractivity contribution in [3.63, 3.8) is 0 Å². The van der Waals surface area contributed by atoms with E-state index in [0.29, 0.717) is 18.7 Å². The zero-order chi connectivity index (χ0) is 14.5. The van der Waals surface area contributed by atoms with Gasteiger partial charge < -0.3 is 9.84 Å². The first-order valence-electron chi connectivity index (χ1n) is 6.95. The van der Waals surface area contributed by atoms with Gasteiger partial charge in [0.2, 0.25) is 0 Å². The van der Waals surface area contributed by atoms with Gasteiger partial charge in [-0.15, -0.1) is 0 Å². The minimum atomic E-state index is -1.09. The summed E-state index contributed by atoms with van der Waals surface area (Å²) < 4.78 is 18.8. The summed E-state index contributed by atoms with van der Waals surface area (Å²) in [6.07, 6.45) is 2.29. The molecule has 2 rings (SSSR count). The van der Waals surface area contributed by atoms with E-state index in [9.17, 15) is 9.18 Å². The van der Waals surface area contributed by atoms with Gasteiger partial charge in [-0.05, 0) is 44.0 Å². The van der Waals surface area contributed by atoms with Crippen LogP contribution in [-0.4, -0.2) is 41.8 Å². The van der Waals surface area contributed by atoms with Gasteiger partial charge in [-0.3, -0.25) is 4.90 Å². The van der Waals surface area contributed by atoms with Gasteiger partial charge in [-0.1, -0.05) is 6.07 Å². The Hall–Kier alpha value is -1.46. The monoisotopic (exact) mass is 281 g/mol. The van der Waals surface area contributed by atoms with E-state index in [1.165, 1.54) is 6.07 Å². The molecule has 0 amide bonds. The van der Waals surface area contributed by atoms with E-state index >= 15 is 0 Å². The van der Waals surface area contributed by atoms with Crippen LogP contribution in [-0.2, 0) is 11.3 Å². The Balaban J connectivity index is 2.07. The maximum Gasteiger partial charge on any atom is 0.336 e. The molecule has 1 atom stereocenters. The molecule has 1 aliphatic rings. The number of piperidine rings is 1. The van der Waals surface area contributed by atoms with Crippen molar-refractivity contribution in [3.05, 3.63) is 35.1 Å². The highest BCUT2D eigenvalue weighted by molar-refractivity contribution is 5.89. The Bertz CT molecular complexity index is 476. The van der Waals surface area contributed by atoms with Crippen molar-refractivity contribution in [2.75, 3.05) is 19.7 Å². The minimum Gasteiger partial charge on any atom is -0.478 e. The van der Waals surface area contributed by atoms with Crippen molar-refractivity contribution in [3.8, 4) is 0 Å². The third kappa shape index (κ3) is 3.77. The molecule has 1 aromatic rings. The number of rotatable bonds is 5. The Morgan fingerprint density at radius 1 is 1.55 bits per heavy atom. The van der Waals surface area contributed by atoms with Gasteiger partial charge in [-0.2, -0.15) is 0 Å². The van der Waals surface area contributed by atoms with E-state index in [1.54, 1.807) is 6.07 Å². The van der Waals surface area contributed by atoms with Crippen molar-refractivity contribution in [2.45, 2.75) is 32.4 Å². The molecule has 1 unspecified atom stereocenters. The lowest BCUT2D eigenvalue weighted by Gasteiger charge is -2.32. The number of hydrogen-bond acceptors (Lipinski definition) is 3. The molecule has 0 saturated carbocycles. The smallest absolute Gasteiger partial charge is 0.336 e. The summed E-state index contributed by atoms with van der Waals surface area (Å²) in [7, 11) is 0. The second kappa shape index (κ2) is 6.81. The summed E-state index contributed by atoms with van der Waals surface area (Å²) in [6, 6.07) is 3.95. The summed E-state index contributed by atoms with van der Waals surface area (Å²) >= 11 is 0. The molecular weight excluding hydrogens is 261 g/mol. The molecule has 110 valence electrons. The lowest BCUT2D eigenvalue weighted by molar-refractivity contribution is 0.00355. The fourth-order valence-electron chi connectivity index (χ4n) is 2.66. The van der Waals surface area contributed by atoms with Crippen molar-refractivity contribution in [1.29, 1.82) is 0 Å². The number of carboxylic acids is 1. The Kier molecular flexibility index (Phi) is 5.09. The van der Waals surface area contributed by atoms with Gasteiger partial charge in [0, 0.05) is 19.7 Å². The van der Waals surface area contributed by atoms with Gasteiger partial charge >= 0.3 is 5.97 Å². The molecule has 1 aliphatic heterocycles. The van der Waals surface area contributed by atoms with Crippen LogP contribution in [0, 0.1) is 5.82 Å². The third-order valence-electron chi connectivity index (χ3n) is 3.56. The highest BCUT2D eigenvalue weighted by atomic mass is 19.1. The molecule has 1 N–H and O–H groups in total. The summed E-state index contributed by atoms with van der Waals surface area (Å²) in [6.45, 7) is 4.90. The van der Waals surface area contributed by atoms with Crippen LogP contribution < -0.4 is 0 Å². The van der Waals surface area contributed by atoms with Crippen LogP contribution in [0.15, 0.2) is 18.2 Å². The van der Waals surface area contributed by atoms with Crippen LogP contribution >= 0.6 is 0 Å². The van der Waals surface area contributed by atoms with E-state index in [1.807, 2.05) is 6.92 Å². The molecule has 0 aliphatic carbocycles. The number of carboxylic acid groups (broad SMARTS) is 1. The highest BCUT2D eigenvalue weighted by Gasteiger charge is 2.21. The fraction of sp³-hybridized carbons (Fsp3) is 0.533. The highest BCUT2D eigenvalue weighted by Crippen LogP contribution is 2.19. The molecule has 0 bridgehead atoms. The summed E-state index contributed by atoms with van der Waals surface area (Å²) in [5.41, 5.74) is 0.694. The van der Waals surface area contributed by atoms with E-state index in [-0.39, 0.29) is 11.7 Å². The predicted molar refractivity (Wildman–Crippen MR) is 73.3 cm³/mol. The van der Waals surface area contributed by atoms with Gasteiger partial charge in [0.25, 0.3) is 0 Å². The Morgan fingerprint density at radius 3 is 3.05 bits per heavy atom. The molecule has 0 radical (unpaired) electrons. The molecule has 1 fully saturated rings. The molecule has 1 aromatic carbocycles. The lowest BCUT2D eigenvalue weighted by Crippen LogP contribution is -2.39. The molecule has 1 heterocycles. The van der Waals surface area contributed by atoms with Crippen molar-refractivity contribution < 1.29 is 19.0 Å². The van der Waals surface area contributed by atoms with Crippen LogP contribution in [0.25, 0.3) is 0 Å². The van der Waals surface area contributed by atoms with Gasteiger partial charge in [0.1, 0.15) is 5.82 Å². The molecule has 1 saturated heterocycles. The lowest BCUT2D eigenvalue weighted by atomic mass is 10.0. The second-order valence-corrected chi connectivity index (χ2v) is 5.06. The van der Waals surface area contributed by atoms with Crippen LogP contribution in [0.3, 0.4) is 0 Å². The summed E-state index contributed by atoms with van der Waals surface area (Å²) in [4.78, 5) is 13.3. The molecule has 20 heavy (non-hydrogen) atoms.